The van der Waals surface area contributed by atoms with E-state index in [4.69, 9.17) is 15.5 Å². The number of hydrogen-bond donors (Lipinski definition) is 1. The van der Waals surface area contributed by atoms with E-state index in [0.29, 0.717) is 12.0 Å². The maximum Gasteiger partial charge on any atom is 0.112 e. The Morgan fingerprint density at radius 1 is 1.32 bits per heavy atom. The largest absolute Gasteiger partial charge is 0.399 e. The van der Waals surface area contributed by atoms with E-state index in [2.05, 4.69) is 31.4 Å². The lowest BCUT2D eigenvalue weighted by atomic mass is 10.1. The van der Waals surface area contributed by atoms with E-state index < -0.39 is 0 Å². The van der Waals surface area contributed by atoms with Crippen LogP contribution in [0, 0.1) is 0 Å². The average molecular weight is 261 g/mol. The van der Waals surface area contributed by atoms with Crippen LogP contribution in [0.4, 0.5) is 5.69 Å². The summed E-state index contributed by atoms with van der Waals surface area (Å²) in [7, 11) is 1.74. The molecule has 1 atom stereocenters. The highest BCUT2D eigenvalue weighted by molar-refractivity contribution is 5.80. The normalized spacial score (nSPS) is 13.3. The lowest BCUT2D eigenvalue weighted by Gasteiger charge is -2.19. The Bertz CT molecular complexity index is 560. The first-order chi connectivity index (χ1) is 9.04. The van der Waals surface area contributed by atoms with Crippen LogP contribution in [0.1, 0.15) is 45.0 Å². The fourth-order valence-electron chi connectivity index (χ4n) is 2.42. The molecule has 0 spiro atoms. The predicted octanol–water partition coefficient (Wildman–Crippen LogP) is 3.34. The predicted molar refractivity (Wildman–Crippen MR) is 79.4 cm³/mol. The fraction of sp³-hybridized carbons (Fsp3) is 0.533. The summed E-state index contributed by atoms with van der Waals surface area (Å²) in [6, 6.07) is 6.31. The third-order valence-electron chi connectivity index (χ3n) is 3.44. The number of nitrogens with zero attached hydrogens (tertiary/aromatic N) is 2. The molecule has 0 amide bonds. The van der Waals surface area contributed by atoms with Gasteiger partial charge in [0.2, 0.25) is 0 Å². The molecule has 0 aliphatic heterocycles. The number of hydrogen-bond acceptors (Lipinski definition) is 3. The van der Waals surface area contributed by atoms with Gasteiger partial charge in [-0.15, -0.1) is 0 Å². The van der Waals surface area contributed by atoms with Gasteiger partial charge in [0, 0.05) is 31.4 Å². The second-order valence-corrected chi connectivity index (χ2v) is 5.37. The summed E-state index contributed by atoms with van der Waals surface area (Å²) in [5, 5.41) is 0. The van der Waals surface area contributed by atoms with Gasteiger partial charge in [-0.1, -0.05) is 13.8 Å². The zero-order chi connectivity index (χ0) is 14.0. The average Bonchev–Trinajstić information content (AvgIpc) is 2.74. The van der Waals surface area contributed by atoms with Crippen molar-refractivity contribution in [2.75, 3.05) is 19.5 Å². The Hall–Kier alpha value is -1.55. The van der Waals surface area contributed by atoms with Crippen LogP contribution in [-0.2, 0) is 4.74 Å². The Morgan fingerprint density at radius 3 is 2.68 bits per heavy atom. The summed E-state index contributed by atoms with van der Waals surface area (Å²) >= 11 is 0. The first-order valence-electron chi connectivity index (χ1n) is 6.81. The Morgan fingerprint density at radius 2 is 2.05 bits per heavy atom. The molecule has 0 saturated carbocycles. The molecule has 0 radical (unpaired) electrons. The van der Waals surface area contributed by atoms with Gasteiger partial charge in [0.15, 0.2) is 0 Å². The quantitative estimate of drug-likeness (QED) is 0.840. The van der Waals surface area contributed by atoms with Crippen LogP contribution >= 0.6 is 0 Å². The van der Waals surface area contributed by atoms with Crippen molar-refractivity contribution >= 4 is 16.7 Å². The van der Waals surface area contributed by atoms with Gasteiger partial charge in [-0.3, -0.25) is 0 Å². The number of nitrogens with two attached hydrogens (primary N) is 1. The third-order valence-corrected chi connectivity index (χ3v) is 3.44. The van der Waals surface area contributed by atoms with Gasteiger partial charge in [0.05, 0.1) is 11.0 Å². The van der Waals surface area contributed by atoms with Crippen molar-refractivity contribution in [2.45, 2.75) is 39.2 Å². The zero-order valence-corrected chi connectivity index (χ0v) is 12.2. The minimum Gasteiger partial charge on any atom is -0.399 e. The number of nitrogen functional groups attached to an aromatic ring is 1. The number of rotatable bonds is 5. The molecule has 2 N–H and O–H groups in total. The van der Waals surface area contributed by atoms with Gasteiger partial charge in [-0.2, -0.15) is 0 Å². The van der Waals surface area contributed by atoms with Crippen molar-refractivity contribution in [3.63, 3.8) is 0 Å². The van der Waals surface area contributed by atoms with Gasteiger partial charge >= 0.3 is 0 Å². The van der Waals surface area contributed by atoms with Crippen LogP contribution in [0.25, 0.3) is 11.0 Å². The van der Waals surface area contributed by atoms with E-state index in [0.717, 1.165) is 35.6 Å². The van der Waals surface area contributed by atoms with E-state index in [1.807, 2.05) is 12.1 Å². The SMILES string of the molecule is COCCC(C)n1c(C(C)C)nc2cc(N)ccc21. The molecule has 4 heteroatoms. The van der Waals surface area contributed by atoms with E-state index in [1.54, 1.807) is 7.11 Å². The molecule has 1 unspecified atom stereocenters. The minimum absolute atomic E-state index is 0.367. The third kappa shape index (κ3) is 2.73. The van der Waals surface area contributed by atoms with E-state index >= 15 is 0 Å². The van der Waals surface area contributed by atoms with E-state index in [1.165, 1.54) is 0 Å². The van der Waals surface area contributed by atoms with E-state index in [-0.39, 0.29) is 0 Å². The highest BCUT2D eigenvalue weighted by Crippen LogP contribution is 2.28. The monoisotopic (exact) mass is 261 g/mol. The van der Waals surface area contributed by atoms with Crippen LogP contribution in [0.3, 0.4) is 0 Å². The molecule has 2 aromatic rings. The van der Waals surface area contributed by atoms with Crippen molar-refractivity contribution in [1.82, 2.24) is 9.55 Å². The molecule has 19 heavy (non-hydrogen) atoms. The number of imidazole rings is 1. The topological polar surface area (TPSA) is 53.1 Å². The summed E-state index contributed by atoms with van der Waals surface area (Å²) in [6.07, 6.45) is 0.978. The second-order valence-electron chi connectivity index (χ2n) is 5.37. The molecule has 0 saturated heterocycles. The number of methoxy groups -OCH3 is 1. The van der Waals surface area contributed by atoms with Gasteiger partial charge in [0.25, 0.3) is 0 Å². The van der Waals surface area contributed by atoms with Crippen molar-refractivity contribution in [3.05, 3.63) is 24.0 Å². The fourth-order valence-corrected chi connectivity index (χ4v) is 2.42. The van der Waals surface area contributed by atoms with Crippen LogP contribution in [0.15, 0.2) is 18.2 Å². The smallest absolute Gasteiger partial charge is 0.112 e. The minimum atomic E-state index is 0.367. The molecule has 1 aromatic heterocycles. The number of anilines is 1. The standard InChI is InChI=1S/C15H23N3O/c1-10(2)15-17-13-9-12(16)5-6-14(13)18(15)11(3)7-8-19-4/h5-6,9-11H,7-8,16H2,1-4H3. The molecule has 104 valence electrons. The summed E-state index contributed by atoms with van der Waals surface area (Å²) < 4.78 is 7.51. The van der Waals surface area contributed by atoms with E-state index in [9.17, 15) is 0 Å². The lowest BCUT2D eigenvalue weighted by molar-refractivity contribution is 0.181. The Kier molecular flexibility index (Phi) is 4.10. The van der Waals surface area contributed by atoms with Crippen molar-refractivity contribution in [1.29, 1.82) is 0 Å². The first kappa shape index (κ1) is 13.9. The van der Waals surface area contributed by atoms with Crippen LogP contribution in [-0.4, -0.2) is 23.3 Å². The maximum atomic E-state index is 5.85. The summed E-state index contributed by atoms with van der Waals surface area (Å²) in [5.41, 5.74) is 8.74. The van der Waals surface area contributed by atoms with Gasteiger partial charge in [-0.25, -0.2) is 4.98 Å². The molecule has 0 aliphatic carbocycles. The molecule has 0 fully saturated rings. The maximum absolute atomic E-state index is 5.85. The zero-order valence-electron chi connectivity index (χ0n) is 12.2. The van der Waals surface area contributed by atoms with Crippen molar-refractivity contribution in [2.24, 2.45) is 0 Å². The van der Waals surface area contributed by atoms with Gasteiger partial charge in [-0.05, 0) is 31.5 Å². The second kappa shape index (κ2) is 5.61. The Balaban J connectivity index is 2.51. The van der Waals surface area contributed by atoms with Crippen LogP contribution in [0.2, 0.25) is 0 Å². The van der Waals surface area contributed by atoms with Crippen LogP contribution < -0.4 is 5.73 Å². The molecular formula is C15H23N3O. The highest BCUT2D eigenvalue weighted by atomic mass is 16.5. The number of aromatic nitrogens is 2. The molecule has 0 bridgehead atoms. The van der Waals surface area contributed by atoms with Crippen molar-refractivity contribution in [3.8, 4) is 0 Å². The first-order valence-corrected chi connectivity index (χ1v) is 6.81. The molecule has 4 nitrogen and oxygen atoms in total. The Labute approximate surface area is 114 Å². The summed E-state index contributed by atoms with van der Waals surface area (Å²) in [6.45, 7) is 7.31. The van der Waals surface area contributed by atoms with Gasteiger partial charge < -0.3 is 15.0 Å². The molecule has 1 heterocycles. The molecule has 0 aliphatic rings. The molecular weight excluding hydrogens is 238 g/mol. The lowest BCUT2D eigenvalue weighted by Crippen LogP contribution is -2.12. The summed E-state index contributed by atoms with van der Waals surface area (Å²) in [5.74, 6) is 1.50. The summed E-state index contributed by atoms with van der Waals surface area (Å²) in [4.78, 5) is 4.74. The van der Waals surface area contributed by atoms with Crippen molar-refractivity contribution < 1.29 is 4.74 Å². The van der Waals surface area contributed by atoms with Gasteiger partial charge in [0.1, 0.15) is 5.82 Å². The highest BCUT2D eigenvalue weighted by Gasteiger charge is 2.17. The number of fused-ring (bicyclic) bond motifs is 1. The number of ether oxygens (including phenoxy) is 1. The molecule has 2 rings (SSSR count). The number of benzene rings is 1. The van der Waals surface area contributed by atoms with Crippen LogP contribution in [0.5, 0.6) is 0 Å². The molecule has 1 aromatic carbocycles.